The third-order valence-electron chi connectivity index (χ3n) is 10.8. The summed E-state index contributed by atoms with van der Waals surface area (Å²) in [5.41, 5.74) is 4.51. The van der Waals surface area contributed by atoms with Gasteiger partial charge in [0.05, 0.1) is 79.0 Å². The fraction of sp³-hybridized carbons (Fsp3) is 0.354. The van der Waals surface area contributed by atoms with E-state index in [0.717, 1.165) is 11.1 Å². The molecule has 2 atom stereocenters. The molecule has 0 N–H and O–H groups in total. The highest BCUT2D eigenvalue weighted by Gasteiger charge is 2.39. The lowest BCUT2D eigenvalue weighted by molar-refractivity contribution is -0.0108. The Bertz CT molecular complexity index is 2090. The summed E-state index contributed by atoms with van der Waals surface area (Å²) in [4.78, 5) is 83.1. The van der Waals surface area contributed by atoms with Crippen molar-refractivity contribution in [2.24, 2.45) is 0 Å². The van der Waals surface area contributed by atoms with E-state index < -0.39 is 24.1 Å². The number of rotatable bonds is 12. The Hall–Kier alpha value is -6.57. The molecular weight excluding hydrogens is 807 g/mol. The quantitative estimate of drug-likeness (QED) is 0.140. The van der Waals surface area contributed by atoms with E-state index in [0.29, 0.717) is 99.1 Å². The van der Waals surface area contributed by atoms with Crippen LogP contribution in [0.1, 0.15) is 80.2 Å². The number of ether oxygens (including phenoxy) is 4. The first-order valence-corrected chi connectivity index (χ1v) is 20.8. The van der Waals surface area contributed by atoms with Gasteiger partial charge in [0, 0.05) is 46.2 Å². The van der Waals surface area contributed by atoms with Crippen LogP contribution in [0, 0.1) is 25.2 Å². The number of aryl methyl sites for hydroxylation is 2. The average Bonchev–Trinajstić information content (AvgIpc) is 3.68. The highest BCUT2D eigenvalue weighted by atomic mass is 16.6. The third kappa shape index (κ3) is 11.9. The number of fused-ring (bicyclic) bond motifs is 2. The maximum absolute atomic E-state index is 12.8. The van der Waals surface area contributed by atoms with E-state index >= 15 is 0 Å². The number of morpholine rings is 2. The second-order valence-corrected chi connectivity index (χ2v) is 15.4. The summed E-state index contributed by atoms with van der Waals surface area (Å²) >= 11 is 0. The number of amides is 4. The van der Waals surface area contributed by atoms with Crippen molar-refractivity contribution >= 4 is 35.6 Å². The Labute approximate surface area is 366 Å². The summed E-state index contributed by atoms with van der Waals surface area (Å²) in [5.74, 6) is -2.35. The molecule has 0 spiro atoms. The second-order valence-electron chi connectivity index (χ2n) is 15.4. The number of hydrogen-bond acceptors (Lipinski definition) is 13. The molecule has 2 fully saturated rings. The van der Waals surface area contributed by atoms with Gasteiger partial charge in [-0.25, -0.2) is 9.59 Å². The summed E-state index contributed by atoms with van der Waals surface area (Å²) in [6.45, 7) is 11.4. The van der Waals surface area contributed by atoms with E-state index in [2.05, 4.69) is 9.80 Å². The number of imide groups is 2. The summed E-state index contributed by atoms with van der Waals surface area (Å²) in [7, 11) is 0. The Morgan fingerprint density at radius 2 is 0.825 bits per heavy atom. The number of esters is 2. The van der Waals surface area contributed by atoms with Gasteiger partial charge in [0.15, 0.2) is 0 Å². The van der Waals surface area contributed by atoms with Gasteiger partial charge in [0.25, 0.3) is 23.6 Å². The molecule has 8 rings (SSSR count). The van der Waals surface area contributed by atoms with Gasteiger partial charge in [-0.1, -0.05) is 59.7 Å². The zero-order valence-electron chi connectivity index (χ0n) is 35.7. The number of benzene rings is 4. The van der Waals surface area contributed by atoms with Crippen molar-refractivity contribution in [2.45, 2.75) is 33.0 Å². The lowest BCUT2D eigenvalue weighted by Crippen LogP contribution is -2.47. The van der Waals surface area contributed by atoms with E-state index in [1.807, 2.05) is 38.1 Å². The van der Waals surface area contributed by atoms with Gasteiger partial charge >= 0.3 is 11.9 Å². The molecule has 4 aromatic rings. The van der Waals surface area contributed by atoms with Crippen molar-refractivity contribution in [3.63, 3.8) is 0 Å². The molecule has 15 heteroatoms. The molecule has 4 aliphatic heterocycles. The Kier molecular flexibility index (Phi) is 16.0. The van der Waals surface area contributed by atoms with Crippen LogP contribution in [-0.2, 0) is 18.9 Å². The van der Waals surface area contributed by atoms with Crippen molar-refractivity contribution in [3.05, 3.63) is 142 Å². The molecule has 2 unspecified atom stereocenters. The number of nitriles is 1. The number of nitrogens with zero attached hydrogens (tertiary/aromatic N) is 5. The van der Waals surface area contributed by atoms with Gasteiger partial charge in [-0.3, -0.25) is 38.8 Å². The van der Waals surface area contributed by atoms with Crippen molar-refractivity contribution in [1.82, 2.24) is 19.6 Å². The molecule has 4 amide bonds. The predicted molar refractivity (Wildman–Crippen MR) is 230 cm³/mol. The largest absolute Gasteiger partial charge is 0.455 e. The van der Waals surface area contributed by atoms with Crippen molar-refractivity contribution < 1.29 is 47.7 Å². The Balaban J connectivity index is 0.000000198. The van der Waals surface area contributed by atoms with Crippen LogP contribution in [0.15, 0.2) is 97.1 Å². The van der Waals surface area contributed by atoms with Crippen LogP contribution in [0.2, 0.25) is 0 Å². The first-order valence-electron chi connectivity index (χ1n) is 20.8. The van der Waals surface area contributed by atoms with E-state index in [1.54, 1.807) is 78.9 Å². The second kappa shape index (κ2) is 22.0. The normalized spacial score (nSPS) is 17.0. The van der Waals surface area contributed by atoms with Gasteiger partial charge in [0.2, 0.25) is 0 Å². The molecule has 328 valence electrons. The van der Waals surface area contributed by atoms with Crippen molar-refractivity contribution in [3.8, 4) is 6.07 Å². The van der Waals surface area contributed by atoms with Gasteiger partial charge in [-0.2, -0.15) is 5.26 Å². The smallest absolute Gasteiger partial charge is 0.338 e. The molecule has 63 heavy (non-hydrogen) atoms. The minimum absolute atomic E-state index is 0.0152. The van der Waals surface area contributed by atoms with Crippen LogP contribution in [0.4, 0.5) is 0 Å². The number of carbonyl (C=O) groups is 6. The molecule has 0 radical (unpaired) electrons. The molecule has 2 saturated heterocycles. The zero-order valence-corrected chi connectivity index (χ0v) is 35.7. The number of carbonyl (C=O) groups excluding carboxylic acids is 6. The molecule has 4 heterocycles. The first kappa shape index (κ1) is 45.9. The Morgan fingerprint density at radius 3 is 1.11 bits per heavy atom. The topological polar surface area (TPSA) is 176 Å². The first-order chi connectivity index (χ1) is 30.5. The third-order valence-corrected chi connectivity index (χ3v) is 10.8. The van der Waals surface area contributed by atoms with Crippen molar-refractivity contribution in [2.75, 3.05) is 78.8 Å². The molecule has 0 aromatic heterocycles. The summed E-state index contributed by atoms with van der Waals surface area (Å²) in [6, 6.07) is 29.5. The molecule has 15 nitrogen and oxygen atoms in total. The van der Waals surface area contributed by atoms with E-state index in [9.17, 15) is 28.8 Å². The SMILES string of the molecule is CC#N.Cc1ccc(C(=O)OC(CN2CCOCC2)CN2C(=O)c3ccccc3C2=O)cc1.Cc1ccc(C(=O)OC(CN2CCOCC2)CN2C(=O)c3ccccc3C2=O)cc1. The fourth-order valence-electron chi connectivity index (χ4n) is 7.44. The Morgan fingerprint density at radius 1 is 0.540 bits per heavy atom. The molecule has 0 aliphatic carbocycles. The summed E-state index contributed by atoms with van der Waals surface area (Å²) in [6.07, 6.45) is -1.28. The minimum Gasteiger partial charge on any atom is -0.455 e. The van der Waals surface area contributed by atoms with Gasteiger partial charge in [-0.15, -0.1) is 0 Å². The van der Waals surface area contributed by atoms with E-state index in [4.69, 9.17) is 24.2 Å². The van der Waals surface area contributed by atoms with Gasteiger partial charge in [0.1, 0.15) is 12.2 Å². The fourth-order valence-corrected chi connectivity index (χ4v) is 7.44. The monoisotopic (exact) mass is 857 g/mol. The summed E-state index contributed by atoms with van der Waals surface area (Å²) in [5, 5.41) is 7.32. The predicted octanol–water partition coefficient (Wildman–Crippen LogP) is 4.83. The highest BCUT2D eigenvalue weighted by Crippen LogP contribution is 2.25. The molecular formula is C48H51N5O10. The van der Waals surface area contributed by atoms with E-state index in [1.165, 1.54) is 16.7 Å². The standard InChI is InChI=1S/2C23H24N2O5.C2H3N/c2*1-16-6-8-17(9-7-16)23(28)30-18(14-24-10-12-29-13-11-24)15-25-21(26)19-4-2-3-5-20(19)22(25)27;1-2-3/h2*2-9,18H,10-15H2,1H3;1H3. The molecule has 4 aromatic carbocycles. The molecule has 4 aliphatic rings. The lowest BCUT2D eigenvalue weighted by Gasteiger charge is -2.31. The van der Waals surface area contributed by atoms with Crippen LogP contribution in [0.3, 0.4) is 0 Å². The molecule has 0 bridgehead atoms. The van der Waals surface area contributed by atoms with Crippen LogP contribution < -0.4 is 0 Å². The van der Waals surface area contributed by atoms with Gasteiger partial charge in [-0.05, 0) is 62.4 Å². The average molecular weight is 858 g/mol. The van der Waals surface area contributed by atoms with Crippen LogP contribution in [-0.4, -0.2) is 146 Å². The maximum atomic E-state index is 12.8. The highest BCUT2D eigenvalue weighted by molar-refractivity contribution is 6.22. The van der Waals surface area contributed by atoms with Crippen LogP contribution in [0.25, 0.3) is 0 Å². The summed E-state index contributed by atoms with van der Waals surface area (Å²) < 4.78 is 22.3. The van der Waals surface area contributed by atoms with Gasteiger partial charge < -0.3 is 18.9 Å². The maximum Gasteiger partial charge on any atom is 0.338 e. The van der Waals surface area contributed by atoms with Crippen LogP contribution in [0.5, 0.6) is 0 Å². The van der Waals surface area contributed by atoms with Crippen molar-refractivity contribution in [1.29, 1.82) is 5.26 Å². The minimum atomic E-state index is -0.640. The lowest BCUT2D eigenvalue weighted by atomic mass is 10.1. The number of hydrogen-bond donors (Lipinski definition) is 0. The van der Waals surface area contributed by atoms with Crippen LogP contribution >= 0.6 is 0 Å². The molecule has 0 saturated carbocycles. The van der Waals surface area contributed by atoms with E-state index in [-0.39, 0.29) is 36.7 Å². The zero-order chi connectivity index (χ0) is 44.9.